The molecule has 7 heteroatoms. The molecule has 0 fully saturated rings. The van der Waals surface area contributed by atoms with Gasteiger partial charge in [0.1, 0.15) is 5.75 Å². The van der Waals surface area contributed by atoms with Gasteiger partial charge in [-0.1, -0.05) is 6.07 Å². The molecular weight excluding hydrogens is 299 g/mol. The molecule has 1 heterocycles. The summed E-state index contributed by atoms with van der Waals surface area (Å²) < 4.78 is 45.8. The van der Waals surface area contributed by atoms with Crippen molar-refractivity contribution in [3.05, 3.63) is 48.3 Å². The molecular formula is C15H12F3NO3. The summed E-state index contributed by atoms with van der Waals surface area (Å²) >= 11 is 0. The van der Waals surface area contributed by atoms with Gasteiger partial charge in [-0.15, -0.1) is 13.2 Å². The minimum Gasteiger partial charge on any atom is -0.462 e. The molecule has 0 saturated carbocycles. The Labute approximate surface area is 124 Å². The predicted octanol–water partition coefficient (Wildman–Crippen LogP) is 3.82. The second kappa shape index (κ2) is 6.46. The van der Waals surface area contributed by atoms with E-state index in [0.717, 1.165) is 12.1 Å². The number of aromatic nitrogens is 1. The van der Waals surface area contributed by atoms with Crippen molar-refractivity contribution in [2.75, 3.05) is 6.61 Å². The largest absolute Gasteiger partial charge is 0.573 e. The summed E-state index contributed by atoms with van der Waals surface area (Å²) in [6.07, 6.45) is -1.85. The average molecular weight is 311 g/mol. The molecule has 0 bridgehead atoms. The lowest BCUT2D eigenvalue weighted by molar-refractivity contribution is -0.274. The number of pyridine rings is 1. The zero-order chi connectivity index (χ0) is 16.2. The first-order valence-corrected chi connectivity index (χ1v) is 6.38. The molecule has 0 aliphatic heterocycles. The highest BCUT2D eigenvalue weighted by molar-refractivity contribution is 5.97. The number of carbonyl (C=O) groups is 1. The Hall–Kier alpha value is -2.57. The van der Waals surface area contributed by atoms with Gasteiger partial charge in [-0.25, -0.2) is 4.79 Å². The Bertz CT molecular complexity index is 657. The van der Waals surface area contributed by atoms with Crippen LogP contribution in [0.25, 0.3) is 11.1 Å². The molecule has 0 saturated heterocycles. The Kier molecular flexibility index (Phi) is 4.65. The highest BCUT2D eigenvalue weighted by atomic mass is 19.4. The summed E-state index contributed by atoms with van der Waals surface area (Å²) in [5, 5.41) is 0. The van der Waals surface area contributed by atoms with Crippen LogP contribution in [0.3, 0.4) is 0 Å². The van der Waals surface area contributed by atoms with Gasteiger partial charge in [0.05, 0.1) is 12.2 Å². The average Bonchev–Trinajstić information content (AvgIpc) is 2.46. The van der Waals surface area contributed by atoms with Crippen molar-refractivity contribution in [1.82, 2.24) is 4.98 Å². The van der Waals surface area contributed by atoms with Crippen LogP contribution >= 0.6 is 0 Å². The smallest absolute Gasteiger partial charge is 0.462 e. The van der Waals surface area contributed by atoms with E-state index in [2.05, 4.69) is 9.72 Å². The van der Waals surface area contributed by atoms with Crippen molar-refractivity contribution < 1.29 is 27.4 Å². The Morgan fingerprint density at radius 1 is 1.27 bits per heavy atom. The number of hydrogen-bond acceptors (Lipinski definition) is 4. The molecule has 0 N–H and O–H groups in total. The lowest BCUT2D eigenvalue weighted by Gasteiger charge is -2.13. The number of rotatable bonds is 4. The minimum atomic E-state index is -4.81. The van der Waals surface area contributed by atoms with E-state index in [9.17, 15) is 18.0 Å². The maximum Gasteiger partial charge on any atom is 0.573 e. The maximum atomic E-state index is 12.3. The fraction of sp³-hybridized carbons (Fsp3) is 0.200. The quantitative estimate of drug-likeness (QED) is 0.805. The molecule has 1 aromatic heterocycles. The van der Waals surface area contributed by atoms with Crippen LogP contribution in [0.1, 0.15) is 17.3 Å². The topological polar surface area (TPSA) is 48.4 Å². The summed E-state index contributed by atoms with van der Waals surface area (Å²) in [7, 11) is 0. The first kappa shape index (κ1) is 15.8. The highest BCUT2D eigenvalue weighted by Crippen LogP contribution is 2.31. The van der Waals surface area contributed by atoms with Gasteiger partial charge in [0, 0.05) is 23.5 Å². The van der Waals surface area contributed by atoms with Gasteiger partial charge < -0.3 is 9.47 Å². The third-order valence-electron chi connectivity index (χ3n) is 2.69. The summed E-state index contributed by atoms with van der Waals surface area (Å²) in [5.41, 5.74) is 0.885. The van der Waals surface area contributed by atoms with Crippen molar-refractivity contribution in [3.8, 4) is 16.9 Å². The fourth-order valence-corrected chi connectivity index (χ4v) is 1.87. The van der Waals surface area contributed by atoms with Gasteiger partial charge in [0.2, 0.25) is 0 Å². The van der Waals surface area contributed by atoms with Crippen molar-refractivity contribution in [3.63, 3.8) is 0 Å². The van der Waals surface area contributed by atoms with E-state index in [1.807, 2.05) is 0 Å². The maximum absolute atomic E-state index is 12.3. The van der Waals surface area contributed by atoms with Gasteiger partial charge in [-0.3, -0.25) is 4.98 Å². The first-order chi connectivity index (χ1) is 10.4. The van der Waals surface area contributed by atoms with Gasteiger partial charge in [0.25, 0.3) is 0 Å². The van der Waals surface area contributed by atoms with Crippen LogP contribution in [0.2, 0.25) is 0 Å². The molecule has 0 radical (unpaired) electrons. The molecule has 0 spiro atoms. The van der Waals surface area contributed by atoms with E-state index < -0.39 is 18.1 Å². The molecule has 22 heavy (non-hydrogen) atoms. The summed E-state index contributed by atoms with van der Waals surface area (Å²) in [6, 6.07) is 6.68. The van der Waals surface area contributed by atoms with Crippen LogP contribution in [0.15, 0.2) is 42.7 Å². The third kappa shape index (κ3) is 3.97. The number of hydrogen-bond donors (Lipinski definition) is 0. The van der Waals surface area contributed by atoms with Crippen molar-refractivity contribution in [2.45, 2.75) is 13.3 Å². The molecule has 0 amide bonds. The standard InChI is InChI=1S/C15H12F3NO3/c1-2-21-14(20)12-6-5-11(22-15(16,17)18)8-13(12)10-4-3-7-19-9-10/h3-9H,2H2,1H3. The Morgan fingerprint density at radius 3 is 2.64 bits per heavy atom. The second-order valence-electron chi connectivity index (χ2n) is 4.22. The lowest BCUT2D eigenvalue weighted by atomic mass is 10.0. The molecule has 2 aromatic rings. The van der Waals surface area contributed by atoms with E-state index in [-0.39, 0.29) is 17.7 Å². The van der Waals surface area contributed by atoms with Crippen LogP contribution in [-0.2, 0) is 4.74 Å². The van der Waals surface area contributed by atoms with Gasteiger partial charge >= 0.3 is 12.3 Å². The monoisotopic (exact) mass is 311 g/mol. The Morgan fingerprint density at radius 2 is 2.05 bits per heavy atom. The fourth-order valence-electron chi connectivity index (χ4n) is 1.87. The van der Waals surface area contributed by atoms with Crippen molar-refractivity contribution in [1.29, 1.82) is 0 Å². The van der Waals surface area contributed by atoms with E-state index in [0.29, 0.717) is 5.56 Å². The molecule has 4 nitrogen and oxygen atoms in total. The zero-order valence-corrected chi connectivity index (χ0v) is 11.6. The van der Waals surface area contributed by atoms with Gasteiger partial charge in [0.15, 0.2) is 0 Å². The van der Waals surface area contributed by atoms with Crippen molar-refractivity contribution >= 4 is 5.97 Å². The Balaban J connectivity index is 2.49. The number of alkyl halides is 3. The summed E-state index contributed by atoms with van der Waals surface area (Å²) in [6.45, 7) is 1.80. The van der Waals surface area contributed by atoms with E-state index in [4.69, 9.17) is 4.74 Å². The van der Waals surface area contributed by atoms with E-state index in [1.165, 1.54) is 18.5 Å². The highest BCUT2D eigenvalue weighted by Gasteiger charge is 2.31. The number of esters is 1. The molecule has 2 rings (SSSR count). The minimum absolute atomic E-state index is 0.143. The normalized spacial score (nSPS) is 11.1. The molecule has 0 aliphatic rings. The summed E-state index contributed by atoms with van der Waals surface area (Å²) in [4.78, 5) is 15.8. The van der Waals surface area contributed by atoms with Gasteiger partial charge in [-0.2, -0.15) is 0 Å². The molecule has 1 aromatic carbocycles. The number of ether oxygens (including phenoxy) is 2. The van der Waals surface area contributed by atoms with Crippen LogP contribution in [0, 0.1) is 0 Å². The van der Waals surface area contributed by atoms with Crippen LogP contribution in [0.4, 0.5) is 13.2 Å². The van der Waals surface area contributed by atoms with Gasteiger partial charge in [-0.05, 0) is 31.2 Å². The SMILES string of the molecule is CCOC(=O)c1ccc(OC(F)(F)F)cc1-c1cccnc1. The second-order valence-corrected chi connectivity index (χ2v) is 4.22. The van der Waals surface area contributed by atoms with Crippen LogP contribution in [0.5, 0.6) is 5.75 Å². The summed E-state index contributed by atoms with van der Waals surface area (Å²) in [5.74, 6) is -1.04. The zero-order valence-electron chi connectivity index (χ0n) is 11.6. The number of carbonyl (C=O) groups excluding carboxylic acids is 1. The third-order valence-corrected chi connectivity index (χ3v) is 2.69. The molecule has 0 atom stereocenters. The number of halogens is 3. The van der Waals surface area contributed by atoms with E-state index >= 15 is 0 Å². The molecule has 0 aliphatic carbocycles. The number of nitrogens with zero attached hydrogens (tertiary/aromatic N) is 1. The predicted molar refractivity (Wildman–Crippen MR) is 72.3 cm³/mol. The van der Waals surface area contributed by atoms with E-state index in [1.54, 1.807) is 19.1 Å². The van der Waals surface area contributed by atoms with Crippen molar-refractivity contribution in [2.24, 2.45) is 0 Å². The number of benzene rings is 1. The molecule has 116 valence electrons. The van der Waals surface area contributed by atoms with Crippen LogP contribution in [-0.4, -0.2) is 23.9 Å². The van der Waals surface area contributed by atoms with Crippen LogP contribution < -0.4 is 4.74 Å². The first-order valence-electron chi connectivity index (χ1n) is 6.38. The molecule has 0 unspecified atom stereocenters. The lowest BCUT2D eigenvalue weighted by Crippen LogP contribution is -2.17.